The van der Waals surface area contributed by atoms with Gasteiger partial charge in [0.2, 0.25) is 10.0 Å². The molecule has 0 unspecified atom stereocenters. The summed E-state index contributed by atoms with van der Waals surface area (Å²) in [6.07, 6.45) is 1.18. The van der Waals surface area contributed by atoms with Crippen LogP contribution in [0, 0.1) is 5.41 Å². The Morgan fingerprint density at radius 1 is 1.29 bits per heavy atom. The van der Waals surface area contributed by atoms with Crippen LogP contribution in [0.25, 0.3) is 0 Å². The van der Waals surface area contributed by atoms with Crippen LogP contribution in [0.3, 0.4) is 0 Å². The molecule has 14 heavy (non-hydrogen) atoms. The summed E-state index contributed by atoms with van der Waals surface area (Å²) in [5, 5.41) is 3.27. The largest absolute Gasteiger partial charge is 0.312 e. The highest BCUT2D eigenvalue weighted by atomic mass is 32.2. The van der Waals surface area contributed by atoms with Crippen LogP contribution in [0.5, 0.6) is 0 Å². The fraction of sp³-hybridized carbons (Fsp3) is 1.00. The zero-order valence-electron chi connectivity index (χ0n) is 9.72. The Balaban J connectivity index is 4.25. The summed E-state index contributed by atoms with van der Waals surface area (Å²) in [6.45, 7) is 9.56. The molecule has 0 fully saturated rings. The second kappa shape index (κ2) is 5.09. The van der Waals surface area contributed by atoms with E-state index in [0.717, 1.165) is 6.54 Å². The molecular weight excluding hydrogens is 200 g/mol. The highest BCUT2D eigenvalue weighted by Crippen LogP contribution is 2.18. The molecule has 0 aliphatic heterocycles. The minimum atomic E-state index is -3.09. The van der Waals surface area contributed by atoms with Gasteiger partial charge in [-0.05, 0) is 12.0 Å². The molecule has 0 aromatic heterocycles. The first kappa shape index (κ1) is 13.9. The summed E-state index contributed by atoms with van der Waals surface area (Å²) in [6, 6.07) is 0.155. The van der Waals surface area contributed by atoms with Crippen molar-refractivity contribution in [1.82, 2.24) is 10.0 Å². The van der Waals surface area contributed by atoms with Gasteiger partial charge in [0.1, 0.15) is 0 Å². The Morgan fingerprint density at radius 2 is 1.79 bits per heavy atom. The summed E-state index contributed by atoms with van der Waals surface area (Å²) >= 11 is 0. The van der Waals surface area contributed by atoms with Gasteiger partial charge < -0.3 is 5.32 Å². The first-order valence-corrected chi connectivity index (χ1v) is 6.74. The quantitative estimate of drug-likeness (QED) is 0.714. The lowest BCUT2D eigenvalue weighted by Gasteiger charge is -2.31. The van der Waals surface area contributed by atoms with Crippen molar-refractivity contribution in [1.29, 1.82) is 0 Å². The second-order valence-corrected chi connectivity index (χ2v) is 6.43. The maximum atomic E-state index is 10.9. The Labute approximate surface area is 87.5 Å². The molecule has 0 rings (SSSR count). The predicted octanol–water partition coefficient (Wildman–Crippen LogP) is 0.560. The Morgan fingerprint density at radius 3 is 2.07 bits per heavy atom. The zero-order valence-corrected chi connectivity index (χ0v) is 10.5. The van der Waals surface area contributed by atoms with Gasteiger partial charge in [0.05, 0.1) is 6.26 Å². The van der Waals surface area contributed by atoms with E-state index < -0.39 is 10.0 Å². The summed E-state index contributed by atoms with van der Waals surface area (Å²) < 4.78 is 24.4. The molecule has 4 nitrogen and oxygen atoms in total. The van der Waals surface area contributed by atoms with E-state index in [4.69, 9.17) is 0 Å². The van der Waals surface area contributed by atoms with Crippen LogP contribution in [-0.2, 0) is 10.0 Å². The Bertz CT molecular complexity index is 254. The highest BCUT2D eigenvalue weighted by molar-refractivity contribution is 7.88. The van der Waals surface area contributed by atoms with Crippen LogP contribution in [-0.4, -0.2) is 33.8 Å². The van der Waals surface area contributed by atoms with Crippen molar-refractivity contribution in [3.63, 3.8) is 0 Å². The van der Waals surface area contributed by atoms with Crippen molar-refractivity contribution in [2.45, 2.75) is 33.7 Å². The van der Waals surface area contributed by atoms with Crippen LogP contribution in [0.2, 0.25) is 0 Å². The molecule has 2 N–H and O–H groups in total. The number of sulfonamides is 1. The van der Waals surface area contributed by atoms with Crippen molar-refractivity contribution < 1.29 is 8.42 Å². The van der Waals surface area contributed by atoms with Gasteiger partial charge in [-0.1, -0.05) is 27.7 Å². The van der Waals surface area contributed by atoms with Gasteiger partial charge in [-0.2, -0.15) is 0 Å². The van der Waals surface area contributed by atoms with E-state index in [0.29, 0.717) is 6.54 Å². The van der Waals surface area contributed by atoms with Gasteiger partial charge in [-0.15, -0.1) is 0 Å². The van der Waals surface area contributed by atoms with Crippen molar-refractivity contribution >= 4 is 10.0 Å². The summed E-state index contributed by atoms with van der Waals surface area (Å²) in [5.41, 5.74) is 0.0493. The number of hydrogen-bond donors (Lipinski definition) is 2. The van der Waals surface area contributed by atoms with E-state index in [-0.39, 0.29) is 11.5 Å². The van der Waals surface area contributed by atoms with Crippen LogP contribution in [0.4, 0.5) is 0 Å². The summed E-state index contributed by atoms with van der Waals surface area (Å²) in [7, 11) is -3.09. The second-order valence-electron chi connectivity index (χ2n) is 4.60. The Kier molecular flexibility index (Phi) is 5.05. The maximum Gasteiger partial charge on any atom is 0.208 e. The SMILES string of the molecule is CCN[C@H](CNS(C)(=O)=O)C(C)(C)C. The van der Waals surface area contributed by atoms with Crippen molar-refractivity contribution in [2.24, 2.45) is 5.41 Å². The number of likely N-dealkylation sites (N-methyl/N-ethyl adjacent to an activating group) is 1. The molecule has 0 saturated heterocycles. The number of nitrogens with one attached hydrogen (secondary N) is 2. The minimum Gasteiger partial charge on any atom is -0.312 e. The molecule has 0 aromatic carbocycles. The highest BCUT2D eigenvalue weighted by Gasteiger charge is 2.24. The van der Waals surface area contributed by atoms with Crippen molar-refractivity contribution in [3.05, 3.63) is 0 Å². The van der Waals surface area contributed by atoms with Crippen molar-refractivity contribution in [2.75, 3.05) is 19.3 Å². The molecule has 0 heterocycles. The lowest BCUT2D eigenvalue weighted by atomic mass is 9.87. The normalized spacial score (nSPS) is 15.5. The molecule has 1 atom stereocenters. The number of hydrogen-bond acceptors (Lipinski definition) is 3. The monoisotopic (exact) mass is 222 g/mol. The molecule has 0 amide bonds. The van der Waals surface area contributed by atoms with Gasteiger partial charge in [0.25, 0.3) is 0 Å². The fourth-order valence-electron chi connectivity index (χ4n) is 1.17. The molecule has 0 aliphatic carbocycles. The third-order valence-corrected chi connectivity index (χ3v) is 2.74. The smallest absolute Gasteiger partial charge is 0.208 e. The molecular formula is C9H22N2O2S. The van der Waals surface area contributed by atoms with Crippen LogP contribution in [0.1, 0.15) is 27.7 Å². The Hall–Kier alpha value is -0.130. The van der Waals surface area contributed by atoms with Crippen LogP contribution < -0.4 is 10.0 Å². The van der Waals surface area contributed by atoms with Gasteiger partial charge in [-0.25, -0.2) is 13.1 Å². The average molecular weight is 222 g/mol. The van der Waals surface area contributed by atoms with E-state index in [1.165, 1.54) is 6.26 Å². The maximum absolute atomic E-state index is 10.9. The zero-order chi connectivity index (χ0) is 11.4. The first-order chi connectivity index (χ1) is 6.17. The lowest BCUT2D eigenvalue weighted by Crippen LogP contribution is -2.48. The van der Waals surface area contributed by atoms with Crippen LogP contribution in [0.15, 0.2) is 0 Å². The lowest BCUT2D eigenvalue weighted by molar-refractivity contribution is 0.272. The third-order valence-electron chi connectivity index (χ3n) is 2.05. The van der Waals surface area contributed by atoms with E-state index in [1.807, 2.05) is 6.92 Å². The predicted molar refractivity (Wildman–Crippen MR) is 59.8 cm³/mol. The van der Waals surface area contributed by atoms with Gasteiger partial charge in [0, 0.05) is 12.6 Å². The van der Waals surface area contributed by atoms with E-state index in [1.54, 1.807) is 0 Å². The van der Waals surface area contributed by atoms with E-state index >= 15 is 0 Å². The molecule has 0 spiro atoms. The summed E-state index contributed by atoms with van der Waals surface area (Å²) in [4.78, 5) is 0. The minimum absolute atomic E-state index is 0.0493. The molecule has 86 valence electrons. The van der Waals surface area contributed by atoms with E-state index in [2.05, 4.69) is 30.8 Å². The van der Waals surface area contributed by atoms with Crippen LogP contribution >= 0.6 is 0 Å². The van der Waals surface area contributed by atoms with E-state index in [9.17, 15) is 8.42 Å². The molecule has 0 radical (unpaired) electrons. The third kappa shape index (κ3) is 6.34. The summed E-state index contributed by atoms with van der Waals surface area (Å²) in [5.74, 6) is 0. The number of rotatable bonds is 5. The fourth-order valence-corrected chi connectivity index (χ4v) is 1.64. The molecule has 0 aliphatic rings. The van der Waals surface area contributed by atoms with Gasteiger partial charge in [0.15, 0.2) is 0 Å². The van der Waals surface area contributed by atoms with Gasteiger partial charge >= 0.3 is 0 Å². The topological polar surface area (TPSA) is 58.2 Å². The molecule has 0 aromatic rings. The molecule has 0 bridgehead atoms. The first-order valence-electron chi connectivity index (χ1n) is 4.85. The van der Waals surface area contributed by atoms with Crippen molar-refractivity contribution in [3.8, 4) is 0 Å². The standard InChI is InChI=1S/C9H22N2O2S/c1-6-10-8(9(2,3)4)7-11-14(5,12)13/h8,10-11H,6-7H2,1-5H3/t8-/m1/s1. The average Bonchev–Trinajstić information content (AvgIpc) is 1.93. The van der Waals surface area contributed by atoms with Gasteiger partial charge in [-0.3, -0.25) is 0 Å². The molecule has 5 heteroatoms. The molecule has 0 saturated carbocycles.